The Balaban J connectivity index is 1.40. The highest BCUT2D eigenvalue weighted by Gasteiger charge is 2.41. The van der Waals surface area contributed by atoms with Crippen molar-refractivity contribution in [2.45, 2.75) is 84.2 Å². The maximum absolute atomic E-state index is 12.5. The van der Waals surface area contributed by atoms with E-state index in [0.29, 0.717) is 23.3 Å². The summed E-state index contributed by atoms with van der Waals surface area (Å²) in [6.45, 7) is 9.73. The largest absolute Gasteiger partial charge is 0.342 e. The van der Waals surface area contributed by atoms with E-state index in [9.17, 15) is 4.79 Å². The van der Waals surface area contributed by atoms with Gasteiger partial charge in [-0.15, -0.1) is 0 Å². The molecule has 0 N–H and O–H groups in total. The molecule has 3 aliphatic rings. The van der Waals surface area contributed by atoms with Gasteiger partial charge in [0.2, 0.25) is 5.91 Å². The van der Waals surface area contributed by atoms with E-state index in [4.69, 9.17) is 0 Å². The third-order valence-electron chi connectivity index (χ3n) is 7.31. The topological polar surface area (TPSA) is 41.4 Å². The monoisotopic (exact) mass is 386 g/mol. The lowest BCUT2D eigenvalue weighted by atomic mass is 9.73. The van der Waals surface area contributed by atoms with Gasteiger partial charge in [0, 0.05) is 50.3 Å². The van der Waals surface area contributed by atoms with E-state index in [1.165, 1.54) is 50.8 Å². The van der Waals surface area contributed by atoms with Crippen molar-refractivity contribution in [3.8, 4) is 0 Å². The zero-order valence-electron chi connectivity index (χ0n) is 17.9. The van der Waals surface area contributed by atoms with Crippen molar-refractivity contribution in [1.29, 1.82) is 0 Å². The number of aromatic nitrogens is 2. The Kier molecular flexibility index (Phi) is 6.10. The van der Waals surface area contributed by atoms with Gasteiger partial charge in [-0.25, -0.2) is 4.98 Å². The predicted molar refractivity (Wildman–Crippen MR) is 112 cm³/mol. The smallest absolute Gasteiger partial charge is 0.222 e. The maximum atomic E-state index is 12.5. The lowest BCUT2D eigenvalue weighted by Gasteiger charge is -2.48. The van der Waals surface area contributed by atoms with Crippen LogP contribution in [0.15, 0.2) is 12.5 Å². The van der Waals surface area contributed by atoms with E-state index in [0.717, 1.165) is 45.4 Å². The number of amides is 1. The van der Waals surface area contributed by atoms with Crippen LogP contribution in [0.1, 0.15) is 83.4 Å². The summed E-state index contributed by atoms with van der Waals surface area (Å²) in [7, 11) is 0. The highest BCUT2D eigenvalue weighted by atomic mass is 16.2. The third-order valence-corrected chi connectivity index (χ3v) is 7.31. The molecule has 2 aliphatic heterocycles. The van der Waals surface area contributed by atoms with Gasteiger partial charge in [0.05, 0.1) is 12.0 Å². The Hall–Kier alpha value is -1.36. The summed E-state index contributed by atoms with van der Waals surface area (Å²) in [5, 5.41) is 0. The fourth-order valence-corrected chi connectivity index (χ4v) is 5.69. The first-order valence-electron chi connectivity index (χ1n) is 11.6. The molecular weight excluding hydrogens is 348 g/mol. The molecule has 1 amide bonds. The van der Waals surface area contributed by atoms with Gasteiger partial charge in [0.25, 0.3) is 0 Å². The summed E-state index contributed by atoms with van der Waals surface area (Å²) in [5.74, 6) is 1.03. The van der Waals surface area contributed by atoms with Crippen LogP contribution in [0, 0.1) is 11.3 Å². The standard InChI is InChI=1S/C23H38N4O/c1-19(2)9-13-26-17-23(11-8-22(26)28)10-5-12-25(16-23)15-21-14-24-18-27(21)20-6-3-4-7-20/h14,18-20H,3-13,15-17H2,1-2H3/t23-/m1/s1. The second-order valence-corrected chi connectivity index (χ2v) is 10.0. The molecule has 1 aromatic rings. The number of rotatable bonds is 6. The number of likely N-dealkylation sites (tertiary alicyclic amines) is 2. The Morgan fingerprint density at radius 1 is 1.18 bits per heavy atom. The molecule has 28 heavy (non-hydrogen) atoms. The normalized spacial score (nSPS) is 27.4. The average molecular weight is 387 g/mol. The van der Waals surface area contributed by atoms with E-state index in [2.05, 4.69) is 45.7 Å². The van der Waals surface area contributed by atoms with Gasteiger partial charge < -0.3 is 9.47 Å². The molecule has 5 nitrogen and oxygen atoms in total. The molecular formula is C23H38N4O. The molecule has 3 heterocycles. The van der Waals surface area contributed by atoms with Crippen LogP contribution in [-0.4, -0.2) is 51.4 Å². The van der Waals surface area contributed by atoms with Crippen molar-refractivity contribution < 1.29 is 4.79 Å². The van der Waals surface area contributed by atoms with E-state index in [-0.39, 0.29) is 0 Å². The minimum absolute atomic E-state index is 0.307. The molecule has 0 aromatic carbocycles. The molecule has 156 valence electrons. The van der Waals surface area contributed by atoms with Crippen molar-refractivity contribution in [2.24, 2.45) is 11.3 Å². The number of piperidine rings is 2. The summed E-state index contributed by atoms with van der Waals surface area (Å²) < 4.78 is 2.45. The van der Waals surface area contributed by atoms with E-state index < -0.39 is 0 Å². The number of carbonyl (C=O) groups excluding carboxylic acids is 1. The second-order valence-electron chi connectivity index (χ2n) is 10.0. The molecule has 0 unspecified atom stereocenters. The van der Waals surface area contributed by atoms with Crippen LogP contribution in [0.4, 0.5) is 0 Å². The quantitative estimate of drug-likeness (QED) is 0.734. The first-order valence-corrected chi connectivity index (χ1v) is 11.6. The maximum Gasteiger partial charge on any atom is 0.222 e. The van der Waals surface area contributed by atoms with Gasteiger partial charge in [0.1, 0.15) is 0 Å². The van der Waals surface area contributed by atoms with Crippen LogP contribution >= 0.6 is 0 Å². The van der Waals surface area contributed by atoms with Crippen molar-refractivity contribution in [3.63, 3.8) is 0 Å². The third kappa shape index (κ3) is 4.45. The van der Waals surface area contributed by atoms with E-state index in [1.807, 2.05) is 0 Å². The summed E-state index contributed by atoms with van der Waals surface area (Å²) in [6.07, 6.45) is 14.9. The molecule has 0 radical (unpaired) electrons. The van der Waals surface area contributed by atoms with Gasteiger partial charge >= 0.3 is 0 Å². The van der Waals surface area contributed by atoms with Crippen LogP contribution < -0.4 is 0 Å². The zero-order chi connectivity index (χ0) is 19.6. The average Bonchev–Trinajstić information content (AvgIpc) is 3.34. The molecule has 1 spiro atoms. The van der Waals surface area contributed by atoms with Gasteiger partial charge in [-0.3, -0.25) is 9.69 Å². The minimum Gasteiger partial charge on any atom is -0.342 e. The fraction of sp³-hybridized carbons (Fsp3) is 0.826. The summed E-state index contributed by atoms with van der Waals surface area (Å²) in [5.41, 5.74) is 1.69. The van der Waals surface area contributed by atoms with Crippen LogP contribution in [0.5, 0.6) is 0 Å². The number of hydrogen-bond acceptors (Lipinski definition) is 3. The van der Waals surface area contributed by atoms with Crippen LogP contribution in [0.25, 0.3) is 0 Å². The lowest BCUT2D eigenvalue weighted by Crippen LogP contribution is -2.54. The number of imidazole rings is 1. The highest BCUT2D eigenvalue weighted by molar-refractivity contribution is 5.77. The van der Waals surface area contributed by atoms with Crippen molar-refractivity contribution in [3.05, 3.63) is 18.2 Å². The van der Waals surface area contributed by atoms with Crippen molar-refractivity contribution >= 4 is 5.91 Å². The van der Waals surface area contributed by atoms with Gasteiger partial charge in [-0.05, 0) is 51.0 Å². The molecule has 1 aromatic heterocycles. The fourth-order valence-electron chi connectivity index (χ4n) is 5.69. The molecule has 1 aliphatic carbocycles. The Morgan fingerprint density at radius 2 is 2.00 bits per heavy atom. The van der Waals surface area contributed by atoms with Gasteiger partial charge in [-0.2, -0.15) is 0 Å². The molecule has 1 saturated carbocycles. The molecule has 3 fully saturated rings. The van der Waals surface area contributed by atoms with E-state index in [1.54, 1.807) is 0 Å². The molecule has 2 saturated heterocycles. The summed E-state index contributed by atoms with van der Waals surface area (Å²) in [6, 6.07) is 0.662. The molecule has 1 atom stereocenters. The summed E-state index contributed by atoms with van der Waals surface area (Å²) in [4.78, 5) is 21.8. The Bertz CT molecular complexity index is 663. The molecule has 0 bridgehead atoms. The highest BCUT2D eigenvalue weighted by Crippen LogP contribution is 2.39. The summed E-state index contributed by atoms with van der Waals surface area (Å²) >= 11 is 0. The van der Waals surface area contributed by atoms with Gasteiger partial charge in [-0.1, -0.05) is 26.7 Å². The van der Waals surface area contributed by atoms with Crippen LogP contribution in [0.3, 0.4) is 0 Å². The molecule has 4 rings (SSSR count). The molecule has 5 heteroatoms. The predicted octanol–water partition coefficient (Wildman–Crippen LogP) is 4.25. The lowest BCUT2D eigenvalue weighted by molar-refractivity contribution is -0.139. The Labute approximate surface area is 170 Å². The number of hydrogen-bond donors (Lipinski definition) is 0. The number of nitrogens with zero attached hydrogens (tertiary/aromatic N) is 4. The first-order chi connectivity index (χ1) is 13.5. The Morgan fingerprint density at radius 3 is 2.79 bits per heavy atom. The van der Waals surface area contributed by atoms with Crippen LogP contribution in [0.2, 0.25) is 0 Å². The number of carbonyl (C=O) groups is 1. The SMILES string of the molecule is CC(C)CCN1C[C@]2(CCCN(Cc3cncn3C3CCCC3)C2)CCC1=O. The first kappa shape index (κ1) is 19.9. The van der Waals surface area contributed by atoms with Gasteiger partial charge in [0.15, 0.2) is 0 Å². The van der Waals surface area contributed by atoms with Crippen LogP contribution in [-0.2, 0) is 11.3 Å². The van der Waals surface area contributed by atoms with Crippen molar-refractivity contribution in [1.82, 2.24) is 19.4 Å². The minimum atomic E-state index is 0.307. The zero-order valence-corrected chi connectivity index (χ0v) is 17.9. The van der Waals surface area contributed by atoms with E-state index >= 15 is 0 Å². The van der Waals surface area contributed by atoms with Crippen molar-refractivity contribution in [2.75, 3.05) is 26.2 Å². The second kappa shape index (κ2) is 8.56.